The van der Waals surface area contributed by atoms with Gasteiger partial charge in [0.05, 0.1) is 5.56 Å². The molecule has 2 aromatic rings. The first-order valence-corrected chi connectivity index (χ1v) is 6.12. The van der Waals surface area contributed by atoms with E-state index in [2.05, 4.69) is 26.2 Å². The molecule has 0 aliphatic rings. The minimum atomic E-state index is -0.944. The van der Waals surface area contributed by atoms with Crippen LogP contribution in [0.4, 0.5) is 5.69 Å². The smallest absolute Gasteiger partial charge is 0.336 e. The highest BCUT2D eigenvalue weighted by Gasteiger charge is 2.08. The lowest BCUT2D eigenvalue weighted by Crippen LogP contribution is -2.02. The number of carboxylic acid groups (broad SMARTS) is 1. The Morgan fingerprint density at radius 3 is 2.83 bits per heavy atom. The average Bonchev–Trinajstić information content (AvgIpc) is 2.37. The Morgan fingerprint density at radius 1 is 1.39 bits per heavy atom. The van der Waals surface area contributed by atoms with Gasteiger partial charge in [-0.2, -0.15) is 0 Å². The summed E-state index contributed by atoms with van der Waals surface area (Å²) in [6, 6.07) is 8.91. The lowest BCUT2D eigenvalue weighted by molar-refractivity contribution is 0.0696. The lowest BCUT2D eigenvalue weighted by Gasteiger charge is -2.07. The third-order valence-electron chi connectivity index (χ3n) is 2.42. The van der Waals surface area contributed by atoms with Gasteiger partial charge in [0.25, 0.3) is 0 Å². The summed E-state index contributed by atoms with van der Waals surface area (Å²) in [5, 5.41) is 12.1. The first-order valence-electron chi connectivity index (χ1n) is 5.32. The fourth-order valence-electron chi connectivity index (χ4n) is 1.51. The Balaban J connectivity index is 2.07. The number of aromatic nitrogens is 1. The van der Waals surface area contributed by atoms with E-state index < -0.39 is 5.97 Å². The number of carboxylic acids is 1. The molecule has 1 aromatic carbocycles. The van der Waals surface area contributed by atoms with Gasteiger partial charge in [-0.15, -0.1) is 0 Å². The van der Waals surface area contributed by atoms with Crippen LogP contribution in [0, 0.1) is 0 Å². The van der Waals surface area contributed by atoms with Gasteiger partial charge in [-0.05, 0) is 45.8 Å². The van der Waals surface area contributed by atoms with E-state index >= 15 is 0 Å². The lowest BCUT2D eigenvalue weighted by atomic mass is 10.2. The zero-order valence-electron chi connectivity index (χ0n) is 9.43. The molecule has 0 fully saturated rings. The fourth-order valence-corrected chi connectivity index (χ4v) is 2.05. The van der Waals surface area contributed by atoms with Gasteiger partial charge in [0, 0.05) is 29.1 Å². The second kappa shape index (κ2) is 5.64. The molecule has 0 saturated heterocycles. The molecule has 0 spiro atoms. The summed E-state index contributed by atoms with van der Waals surface area (Å²) in [7, 11) is 0. The summed E-state index contributed by atoms with van der Waals surface area (Å²) >= 11 is 3.24. The molecule has 0 saturated carbocycles. The molecular formula is C13H11BrN2O2. The van der Waals surface area contributed by atoms with E-state index in [4.69, 9.17) is 5.11 Å². The largest absolute Gasteiger partial charge is 0.478 e. The first kappa shape index (κ1) is 12.6. The maximum atomic E-state index is 10.9. The standard InChI is InChI=1S/C13H11BrN2O2/c14-12-6-10(3-4-11(12)13(17)18)16-8-9-2-1-5-15-7-9/h1-7,16H,8H2,(H,17,18). The number of nitrogens with zero attached hydrogens (tertiary/aromatic N) is 1. The molecule has 18 heavy (non-hydrogen) atoms. The molecule has 0 atom stereocenters. The molecule has 1 heterocycles. The van der Waals surface area contributed by atoms with Crippen molar-refractivity contribution >= 4 is 27.6 Å². The van der Waals surface area contributed by atoms with Crippen molar-refractivity contribution in [2.45, 2.75) is 6.54 Å². The van der Waals surface area contributed by atoms with Crippen LogP contribution in [-0.4, -0.2) is 16.1 Å². The number of benzene rings is 1. The van der Waals surface area contributed by atoms with Gasteiger partial charge in [0.1, 0.15) is 0 Å². The van der Waals surface area contributed by atoms with Crippen molar-refractivity contribution in [3.8, 4) is 0 Å². The van der Waals surface area contributed by atoms with Gasteiger partial charge in [0.15, 0.2) is 0 Å². The maximum absolute atomic E-state index is 10.9. The monoisotopic (exact) mass is 306 g/mol. The molecule has 0 unspecified atom stereocenters. The van der Waals surface area contributed by atoms with Gasteiger partial charge in [-0.3, -0.25) is 4.98 Å². The number of halogens is 1. The van der Waals surface area contributed by atoms with Crippen molar-refractivity contribution in [1.29, 1.82) is 0 Å². The third-order valence-corrected chi connectivity index (χ3v) is 3.08. The Morgan fingerprint density at radius 2 is 2.22 bits per heavy atom. The number of hydrogen-bond acceptors (Lipinski definition) is 3. The van der Waals surface area contributed by atoms with Gasteiger partial charge < -0.3 is 10.4 Å². The van der Waals surface area contributed by atoms with Crippen molar-refractivity contribution < 1.29 is 9.90 Å². The van der Waals surface area contributed by atoms with E-state index in [1.807, 2.05) is 12.1 Å². The predicted molar refractivity (Wildman–Crippen MR) is 72.7 cm³/mol. The SMILES string of the molecule is O=C(O)c1ccc(NCc2cccnc2)cc1Br. The zero-order valence-corrected chi connectivity index (χ0v) is 11.0. The Labute approximate surface area is 113 Å². The van der Waals surface area contributed by atoms with Crippen LogP contribution in [0.3, 0.4) is 0 Å². The molecule has 0 bridgehead atoms. The highest BCUT2D eigenvalue weighted by molar-refractivity contribution is 9.10. The molecule has 2 rings (SSSR count). The van der Waals surface area contributed by atoms with Gasteiger partial charge in [-0.1, -0.05) is 6.07 Å². The van der Waals surface area contributed by atoms with Crippen LogP contribution in [0.2, 0.25) is 0 Å². The van der Waals surface area contributed by atoms with Crippen LogP contribution in [0.15, 0.2) is 47.2 Å². The van der Waals surface area contributed by atoms with Crippen molar-refractivity contribution in [2.75, 3.05) is 5.32 Å². The molecule has 5 heteroatoms. The summed E-state index contributed by atoms with van der Waals surface area (Å²) in [6.45, 7) is 0.646. The van der Waals surface area contributed by atoms with E-state index in [9.17, 15) is 4.79 Å². The Bertz CT molecular complexity index is 558. The number of hydrogen-bond donors (Lipinski definition) is 2. The first-order chi connectivity index (χ1) is 8.66. The molecule has 0 aliphatic heterocycles. The van der Waals surface area contributed by atoms with Crippen molar-refractivity contribution in [2.24, 2.45) is 0 Å². The molecule has 0 aliphatic carbocycles. The number of aromatic carboxylic acids is 1. The van der Waals surface area contributed by atoms with Crippen LogP contribution in [0.5, 0.6) is 0 Å². The summed E-state index contributed by atoms with van der Waals surface area (Å²) in [5.41, 5.74) is 2.17. The highest BCUT2D eigenvalue weighted by atomic mass is 79.9. The van der Waals surface area contributed by atoms with E-state index in [1.54, 1.807) is 30.6 Å². The number of rotatable bonds is 4. The van der Waals surface area contributed by atoms with E-state index in [1.165, 1.54) is 0 Å². The summed E-state index contributed by atoms with van der Waals surface area (Å²) in [6.07, 6.45) is 3.51. The number of carbonyl (C=O) groups is 1. The van der Waals surface area contributed by atoms with Crippen LogP contribution >= 0.6 is 15.9 Å². The van der Waals surface area contributed by atoms with E-state index in [-0.39, 0.29) is 5.56 Å². The predicted octanol–water partition coefficient (Wildman–Crippen LogP) is 3.15. The fraction of sp³-hybridized carbons (Fsp3) is 0.0769. The summed E-state index contributed by atoms with van der Waals surface area (Å²) < 4.78 is 0.561. The third kappa shape index (κ3) is 3.07. The zero-order chi connectivity index (χ0) is 13.0. The molecule has 4 nitrogen and oxygen atoms in total. The molecule has 92 valence electrons. The summed E-state index contributed by atoms with van der Waals surface area (Å²) in [5.74, 6) is -0.944. The quantitative estimate of drug-likeness (QED) is 0.911. The number of anilines is 1. The minimum absolute atomic E-state index is 0.252. The van der Waals surface area contributed by atoms with Crippen molar-refractivity contribution in [3.63, 3.8) is 0 Å². The highest BCUT2D eigenvalue weighted by Crippen LogP contribution is 2.21. The Kier molecular flexibility index (Phi) is 3.94. The minimum Gasteiger partial charge on any atom is -0.478 e. The van der Waals surface area contributed by atoms with Crippen LogP contribution < -0.4 is 5.32 Å². The van der Waals surface area contributed by atoms with Crippen LogP contribution in [0.25, 0.3) is 0 Å². The average molecular weight is 307 g/mol. The van der Waals surface area contributed by atoms with Crippen LogP contribution in [-0.2, 0) is 6.54 Å². The number of nitrogens with one attached hydrogen (secondary N) is 1. The normalized spacial score (nSPS) is 10.1. The van der Waals surface area contributed by atoms with Crippen molar-refractivity contribution in [3.05, 3.63) is 58.3 Å². The number of pyridine rings is 1. The molecule has 0 radical (unpaired) electrons. The molecular weight excluding hydrogens is 296 g/mol. The summed E-state index contributed by atoms with van der Waals surface area (Å²) in [4.78, 5) is 14.9. The Hall–Kier alpha value is -1.88. The second-order valence-electron chi connectivity index (χ2n) is 3.71. The topological polar surface area (TPSA) is 62.2 Å². The van der Waals surface area contributed by atoms with Gasteiger partial charge >= 0.3 is 5.97 Å². The molecule has 0 amide bonds. The van der Waals surface area contributed by atoms with Gasteiger partial charge in [0.2, 0.25) is 0 Å². The molecule has 2 N–H and O–H groups in total. The maximum Gasteiger partial charge on any atom is 0.336 e. The van der Waals surface area contributed by atoms with Gasteiger partial charge in [-0.25, -0.2) is 4.79 Å². The van der Waals surface area contributed by atoms with Crippen LogP contribution in [0.1, 0.15) is 15.9 Å². The second-order valence-corrected chi connectivity index (χ2v) is 4.57. The van der Waals surface area contributed by atoms with Crippen molar-refractivity contribution in [1.82, 2.24) is 4.98 Å². The molecule has 1 aromatic heterocycles. The van der Waals surface area contributed by atoms with E-state index in [0.29, 0.717) is 11.0 Å². The van der Waals surface area contributed by atoms with E-state index in [0.717, 1.165) is 11.3 Å².